The second-order valence-electron chi connectivity index (χ2n) is 8.50. The predicted octanol–water partition coefficient (Wildman–Crippen LogP) is 8.77. The van der Waals surface area contributed by atoms with E-state index in [0.29, 0.717) is 0 Å². The summed E-state index contributed by atoms with van der Waals surface area (Å²) in [5.41, 5.74) is 7.05. The third-order valence-corrected chi connectivity index (χ3v) is 5.52. The van der Waals surface area contributed by atoms with Crippen LogP contribution in [0.4, 0.5) is 17.1 Å². The van der Waals surface area contributed by atoms with Gasteiger partial charge < -0.3 is 4.90 Å². The Hall–Kier alpha value is -3.03. The normalized spacial score (nSPS) is 11.3. The van der Waals surface area contributed by atoms with Crippen LogP contribution in [0.5, 0.6) is 0 Å². The quantitative estimate of drug-likeness (QED) is 0.324. The van der Waals surface area contributed by atoms with Gasteiger partial charge in [0.25, 0.3) is 0 Å². The molecule has 0 fully saturated rings. The number of benzene rings is 4. The van der Waals surface area contributed by atoms with E-state index in [1.165, 1.54) is 16.7 Å². The van der Waals surface area contributed by atoms with Gasteiger partial charge in [0.15, 0.2) is 0 Å². The first-order valence-corrected chi connectivity index (χ1v) is 10.6. The van der Waals surface area contributed by atoms with Gasteiger partial charge in [0.1, 0.15) is 0 Å². The molecule has 4 rings (SSSR count). The van der Waals surface area contributed by atoms with Crippen molar-refractivity contribution in [2.24, 2.45) is 0 Å². The minimum absolute atomic E-state index is 0.112. The van der Waals surface area contributed by atoms with Crippen LogP contribution in [0.2, 0.25) is 5.02 Å². The van der Waals surface area contributed by atoms with Crippen molar-refractivity contribution in [2.45, 2.75) is 26.2 Å². The Bertz CT molecular complexity index is 1130. The summed E-state index contributed by atoms with van der Waals surface area (Å²) in [5, 5.41) is 0.723. The van der Waals surface area contributed by atoms with Gasteiger partial charge in [0.2, 0.25) is 0 Å². The molecule has 1 nitrogen and oxygen atoms in total. The molecular weight excluding hydrogens is 386 g/mol. The van der Waals surface area contributed by atoms with E-state index < -0.39 is 0 Å². The molecule has 0 heterocycles. The molecular formula is C28H26ClN. The third kappa shape index (κ3) is 4.27. The van der Waals surface area contributed by atoms with E-state index in [2.05, 4.69) is 105 Å². The summed E-state index contributed by atoms with van der Waals surface area (Å²) in [6.45, 7) is 6.71. The van der Waals surface area contributed by atoms with Gasteiger partial charge in [-0.2, -0.15) is 0 Å². The smallest absolute Gasteiger partial charge is 0.0540 e. The van der Waals surface area contributed by atoms with E-state index in [-0.39, 0.29) is 5.41 Å². The lowest BCUT2D eigenvalue weighted by atomic mass is 9.87. The zero-order valence-corrected chi connectivity index (χ0v) is 18.4. The van der Waals surface area contributed by atoms with Gasteiger partial charge in [-0.05, 0) is 52.9 Å². The molecule has 0 aliphatic heterocycles. The summed E-state index contributed by atoms with van der Waals surface area (Å²) in [5.74, 6) is 0. The molecule has 0 atom stereocenters. The van der Waals surface area contributed by atoms with Crippen molar-refractivity contribution >= 4 is 28.7 Å². The highest BCUT2D eigenvalue weighted by atomic mass is 35.5. The number of hydrogen-bond acceptors (Lipinski definition) is 1. The summed E-state index contributed by atoms with van der Waals surface area (Å²) in [7, 11) is 0. The van der Waals surface area contributed by atoms with E-state index in [0.717, 1.165) is 22.1 Å². The van der Waals surface area contributed by atoms with E-state index in [1.807, 2.05) is 24.3 Å². The van der Waals surface area contributed by atoms with Crippen molar-refractivity contribution in [3.8, 4) is 11.1 Å². The number of para-hydroxylation sites is 1. The van der Waals surface area contributed by atoms with E-state index in [1.54, 1.807) is 0 Å². The fourth-order valence-electron chi connectivity index (χ4n) is 3.68. The van der Waals surface area contributed by atoms with Gasteiger partial charge in [-0.1, -0.05) is 99.1 Å². The highest BCUT2D eigenvalue weighted by Gasteiger charge is 2.19. The minimum atomic E-state index is 0.112. The van der Waals surface area contributed by atoms with Gasteiger partial charge in [-0.15, -0.1) is 0 Å². The van der Waals surface area contributed by atoms with Crippen LogP contribution in [0.3, 0.4) is 0 Å². The monoisotopic (exact) mass is 411 g/mol. The van der Waals surface area contributed by atoms with Crippen molar-refractivity contribution in [3.63, 3.8) is 0 Å². The number of anilines is 3. The first-order valence-electron chi connectivity index (χ1n) is 10.2. The maximum Gasteiger partial charge on any atom is 0.0540 e. The minimum Gasteiger partial charge on any atom is -0.310 e. The van der Waals surface area contributed by atoms with Crippen molar-refractivity contribution in [1.29, 1.82) is 0 Å². The largest absolute Gasteiger partial charge is 0.310 e. The molecule has 0 aromatic heterocycles. The summed E-state index contributed by atoms with van der Waals surface area (Å²) < 4.78 is 0. The molecule has 0 saturated heterocycles. The number of hydrogen-bond donors (Lipinski definition) is 0. The number of halogens is 1. The number of nitrogens with zero attached hydrogens (tertiary/aromatic N) is 1. The zero-order chi connectivity index (χ0) is 21.1. The van der Waals surface area contributed by atoms with Crippen LogP contribution >= 0.6 is 11.6 Å². The average molecular weight is 412 g/mol. The lowest BCUT2D eigenvalue weighted by molar-refractivity contribution is 0.590. The molecule has 150 valence electrons. The van der Waals surface area contributed by atoms with Crippen LogP contribution in [0, 0.1) is 0 Å². The Kier molecular flexibility index (Phi) is 5.65. The van der Waals surface area contributed by atoms with Crippen molar-refractivity contribution in [2.75, 3.05) is 4.90 Å². The molecule has 0 radical (unpaired) electrons. The Labute approximate surface area is 184 Å². The fourth-order valence-corrected chi connectivity index (χ4v) is 3.87. The van der Waals surface area contributed by atoms with Crippen LogP contribution in [-0.2, 0) is 5.41 Å². The maximum atomic E-state index is 6.38. The average Bonchev–Trinajstić information content (AvgIpc) is 2.75. The molecule has 30 heavy (non-hydrogen) atoms. The lowest BCUT2D eigenvalue weighted by Gasteiger charge is -2.29. The Balaban J connectivity index is 1.90. The lowest BCUT2D eigenvalue weighted by Crippen LogP contribution is -2.13. The summed E-state index contributed by atoms with van der Waals surface area (Å²) in [4.78, 5) is 2.28. The van der Waals surface area contributed by atoms with Crippen LogP contribution in [0.25, 0.3) is 11.1 Å². The van der Waals surface area contributed by atoms with Crippen molar-refractivity contribution in [1.82, 2.24) is 0 Å². The second-order valence-corrected chi connectivity index (χ2v) is 8.93. The predicted molar refractivity (Wildman–Crippen MR) is 130 cm³/mol. The van der Waals surface area contributed by atoms with E-state index in [9.17, 15) is 0 Å². The summed E-state index contributed by atoms with van der Waals surface area (Å²) >= 11 is 6.38. The molecule has 0 spiro atoms. The Morgan fingerprint density at radius 1 is 0.633 bits per heavy atom. The van der Waals surface area contributed by atoms with Crippen LogP contribution in [0.1, 0.15) is 26.3 Å². The molecule has 0 bridgehead atoms. The molecule has 0 amide bonds. The van der Waals surface area contributed by atoms with Crippen LogP contribution < -0.4 is 4.90 Å². The van der Waals surface area contributed by atoms with Gasteiger partial charge in [-0.3, -0.25) is 0 Å². The third-order valence-electron chi connectivity index (χ3n) is 5.29. The molecule has 0 unspecified atom stereocenters. The van der Waals surface area contributed by atoms with Gasteiger partial charge in [-0.25, -0.2) is 0 Å². The van der Waals surface area contributed by atoms with Crippen molar-refractivity contribution < 1.29 is 0 Å². The molecule has 0 N–H and O–H groups in total. The standard InChI is InChI=1S/C28H26ClN/c1-28(2,3)22-16-18-24(19-17-22)30(25-13-9-12-23(29)20-25)27-15-8-7-14-26(27)21-10-5-4-6-11-21/h4-20H,1-3H3. The summed E-state index contributed by atoms with van der Waals surface area (Å²) in [6, 6.07) is 35.9. The highest BCUT2D eigenvalue weighted by Crippen LogP contribution is 2.41. The Morgan fingerprint density at radius 3 is 1.97 bits per heavy atom. The molecule has 4 aromatic carbocycles. The fraction of sp³-hybridized carbons (Fsp3) is 0.143. The Morgan fingerprint density at radius 2 is 1.30 bits per heavy atom. The molecule has 0 saturated carbocycles. The van der Waals surface area contributed by atoms with Gasteiger partial charge in [0.05, 0.1) is 5.69 Å². The topological polar surface area (TPSA) is 3.24 Å². The van der Waals surface area contributed by atoms with Crippen LogP contribution in [-0.4, -0.2) is 0 Å². The second kappa shape index (κ2) is 8.38. The van der Waals surface area contributed by atoms with E-state index in [4.69, 9.17) is 11.6 Å². The molecule has 0 aliphatic carbocycles. The first kappa shape index (κ1) is 20.3. The molecule has 4 aromatic rings. The molecule has 2 heteroatoms. The van der Waals surface area contributed by atoms with E-state index >= 15 is 0 Å². The number of rotatable bonds is 4. The SMILES string of the molecule is CC(C)(C)c1ccc(N(c2cccc(Cl)c2)c2ccccc2-c2ccccc2)cc1. The summed E-state index contributed by atoms with van der Waals surface area (Å²) in [6.07, 6.45) is 0. The zero-order valence-electron chi connectivity index (χ0n) is 17.6. The van der Waals surface area contributed by atoms with Gasteiger partial charge >= 0.3 is 0 Å². The first-order chi connectivity index (χ1) is 14.4. The van der Waals surface area contributed by atoms with Crippen molar-refractivity contribution in [3.05, 3.63) is 114 Å². The van der Waals surface area contributed by atoms with Gasteiger partial charge in [0, 0.05) is 22.0 Å². The highest BCUT2D eigenvalue weighted by molar-refractivity contribution is 6.30. The maximum absolute atomic E-state index is 6.38. The molecule has 0 aliphatic rings. The van der Waals surface area contributed by atoms with Crippen LogP contribution in [0.15, 0.2) is 103 Å².